The van der Waals surface area contributed by atoms with E-state index in [9.17, 15) is 0 Å². The van der Waals surface area contributed by atoms with Crippen LogP contribution in [0.2, 0.25) is 0 Å². The maximum atomic E-state index is 5.09. The Morgan fingerprint density at radius 2 is 2.50 bits per heavy atom. The first-order valence-electron chi connectivity index (χ1n) is 4.54. The highest BCUT2D eigenvalue weighted by atomic mass is 32.2. The van der Waals surface area contributed by atoms with Crippen molar-refractivity contribution >= 4 is 11.8 Å². The van der Waals surface area contributed by atoms with Gasteiger partial charge in [0.15, 0.2) is 0 Å². The van der Waals surface area contributed by atoms with Crippen LogP contribution in [0, 0.1) is 0 Å². The monoisotopic (exact) mass is 215 g/mol. The zero-order valence-electron chi connectivity index (χ0n) is 8.86. The number of thioether (sulfide) groups is 1. The molecule has 4 nitrogen and oxygen atoms in total. The minimum atomic E-state index is 0.394. The van der Waals surface area contributed by atoms with Crippen molar-refractivity contribution in [1.82, 2.24) is 15.1 Å². The van der Waals surface area contributed by atoms with Gasteiger partial charge in [-0.3, -0.25) is 4.68 Å². The molecule has 0 bridgehead atoms. The Morgan fingerprint density at radius 3 is 3.00 bits per heavy atom. The Kier molecular flexibility index (Phi) is 5.00. The summed E-state index contributed by atoms with van der Waals surface area (Å²) in [7, 11) is 5.60. The van der Waals surface area contributed by atoms with E-state index in [1.165, 1.54) is 4.90 Å². The molecule has 1 aromatic rings. The molecule has 0 spiro atoms. The summed E-state index contributed by atoms with van der Waals surface area (Å²) in [6.45, 7) is 0.740. The van der Waals surface area contributed by atoms with Crippen LogP contribution in [0.3, 0.4) is 0 Å². The lowest BCUT2D eigenvalue weighted by atomic mass is 10.4. The normalized spacial score (nSPS) is 13.1. The highest BCUT2D eigenvalue weighted by Crippen LogP contribution is 2.17. The number of aryl methyl sites for hydroxylation is 1. The Hall–Kier alpha value is -0.520. The molecule has 80 valence electrons. The summed E-state index contributed by atoms with van der Waals surface area (Å²) >= 11 is 1.79. The van der Waals surface area contributed by atoms with Gasteiger partial charge in [-0.25, -0.2) is 0 Å². The van der Waals surface area contributed by atoms with Crippen molar-refractivity contribution in [1.29, 1.82) is 0 Å². The van der Waals surface area contributed by atoms with Gasteiger partial charge in [-0.15, -0.1) is 11.8 Å². The van der Waals surface area contributed by atoms with Crippen LogP contribution in [0.25, 0.3) is 0 Å². The van der Waals surface area contributed by atoms with Gasteiger partial charge in [0.1, 0.15) is 0 Å². The standard InChI is InChI=1S/C9H17N3OS/c1-10-8(6-13-3)7-14-9-4-11-12(2)5-9/h4-5,8,10H,6-7H2,1-3H3. The first-order valence-corrected chi connectivity index (χ1v) is 5.52. The summed E-state index contributed by atoms with van der Waals surface area (Å²) in [5.41, 5.74) is 0. The lowest BCUT2D eigenvalue weighted by molar-refractivity contribution is 0.177. The molecule has 0 aliphatic rings. The first kappa shape index (κ1) is 11.6. The van der Waals surface area contributed by atoms with Crippen LogP contribution in [0.15, 0.2) is 17.3 Å². The number of hydrogen-bond donors (Lipinski definition) is 1. The topological polar surface area (TPSA) is 39.1 Å². The average Bonchev–Trinajstić information content (AvgIpc) is 2.59. The molecule has 0 saturated heterocycles. The zero-order chi connectivity index (χ0) is 10.4. The lowest BCUT2D eigenvalue weighted by Crippen LogP contribution is -2.32. The maximum absolute atomic E-state index is 5.09. The molecule has 0 amide bonds. The number of methoxy groups -OCH3 is 1. The molecule has 14 heavy (non-hydrogen) atoms. The van der Waals surface area contributed by atoms with Crippen molar-refractivity contribution in [2.75, 3.05) is 26.5 Å². The Bertz CT molecular complexity index is 264. The van der Waals surface area contributed by atoms with E-state index < -0.39 is 0 Å². The summed E-state index contributed by atoms with van der Waals surface area (Å²) < 4.78 is 6.90. The smallest absolute Gasteiger partial charge is 0.0625 e. The van der Waals surface area contributed by atoms with E-state index in [0.29, 0.717) is 6.04 Å². The summed E-state index contributed by atoms with van der Waals surface area (Å²) in [4.78, 5) is 1.20. The maximum Gasteiger partial charge on any atom is 0.0625 e. The van der Waals surface area contributed by atoms with E-state index >= 15 is 0 Å². The molecule has 1 unspecified atom stereocenters. The predicted octanol–water partition coefficient (Wildman–Crippen LogP) is 0.747. The van der Waals surface area contributed by atoms with Gasteiger partial charge in [-0.1, -0.05) is 0 Å². The number of aromatic nitrogens is 2. The average molecular weight is 215 g/mol. The quantitative estimate of drug-likeness (QED) is 0.711. The summed E-state index contributed by atoms with van der Waals surface area (Å²) in [6.07, 6.45) is 3.90. The SMILES string of the molecule is CNC(COC)CSc1cnn(C)c1. The van der Waals surface area contributed by atoms with Gasteiger partial charge in [0.05, 0.1) is 12.8 Å². The summed E-state index contributed by atoms with van der Waals surface area (Å²) in [5, 5.41) is 7.32. The highest BCUT2D eigenvalue weighted by molar-refractivity contribution is 7.99. The van der Waals surface area contributed by atoms with Gasteiger partial charge in [0, 0.05) is 37.0 Å². The second-order valence-electron chi connectivity index (χ2n) is 3.10. The van der Waals surface area contributed by atoms with Crippen LogP contribution in [0.5, 0.6) is 0 Å². The Balaban J connectivity index is 2.31. The molecule has 1 aromatic heterocycles. The number of nitrogens with zero attached hydrogens (tertiary/aromatic N) is 2. The van der Waals surface area contributed by atoms with E-state index in [1.807, 2.05) is 31.2 Å². The zero-order valence-corrected chi connectivity index (χ0v) is 9.67. The fourth-order valence-corrected chi connectivity index (χ4v) is 2.09. The third kappa shape index (κ3) is 3.69. The Labute approximate surface area is 89.0 Å². The minimum Gasteiger partial charge on any atom is -0.383 e. The molecule has 0 radical (unpaired) electrons. The molecule has 0 fully saturated rings. The minimum absolute atomic E-state index is 0.394. The lowest BCUT2D eigenvalue weighted by Gasteiger charge is -2.13. The molecule has 1 atom stereocenters. The molecule has 1 heterocycles. The van der Waals surface area contributed by atoms with Gasteiger partial charge in [0.25, 0.3) is 0 Å². The predicted molar refractivity (Wildman–Crippen MR) is 58.7 cm³/mol. The van der Waals surface area contributed by atoms with Crippen LogP contribution < -0.4 is 5.32 Å². The second-order valence-corrected chi connectivity index (χ2v) is 4.20. The number of likely N-dealkylation sites (N-methyl/N-ethyl adjacent to an activating group) is 1. The van der Waals surface area contributed by atoms with Crippen LogP contribution in [0.4, 0.5) is 0 Å². The van der Waals surface area contributed by atoms with E-state index in [4.69, 9.17) is 4.74 Å². The van der Waals surface area contributed by atoms with Gasteiger partial charge in [0.2, 0.25) is 0 Å². The van der Waals surface area contributed by atoms with Crippen LogP contribution in [0.1, 0.15) is 0 Å². The summed E-state index contributed by atoms with van der Waals surface area (Å²) in [6, 6.07) is 0.394. The molecular weight excluding hydrogens is 198 g/mol. The van der Waals surface area contributed by atoms with Crippen LogP contribution in [-0.2, 0) is 11.8 Å². The van der Waals surface area contributed by atoms with Gasteiger partial charge in [-0.2, -0.15) is 5.10 Å². The molecule has 0 aliphatic carbocycles. The van der Waals surface area contributed by atoms with Gasteiger partial charge < -0.3 is 10.1 Å². The van der Waals surface area contributed by atoms with E-state index in [1.54, 1.807) is 18.9 Å². The first-order chi connectivity index (χ1) is 6.76. The fourth-order valence-electron chi connectivity index (χ4n) is 1.09. The second kappa shape index (κ2) is 6.06. The fraction of sp³-hybridized carbons (Fsp3) is 0.667. The molecule has 0 aromatic carbocycles. The third-order valence-corrected chi connectivity index (χ3v) is 3.02. The molecular formula is C9H17N3OS. The van der Waals surface area contributed by atoms with Gasteiger partial charge in [-0.05, 0) is 7.05 Å². The largest absolute Gasteiger partial charge is 0.383 e. The van der Waals surface area contributed by atoms with Crippen molar-refractivity contribution in [2.24, 2.45) is 7.05 Å². The number of ether oxygens (including phenoxy) is 1. The molecule has 1 rings (SSSR count). The molecule has 0 saturated carbocycles. The van der Waals surface area contributed by atoms with Crippen molar-refractivity contribution in [3.8, 4) is 0 Å². The van der Waals surface area contributed by atoms with Crippen molar-refractivity contribution in [3.05, 3.63) is 12.4 Å². The van der Waals surface area contributed by atoms with Crippen LogP contribution in [-0.4, -0.2) is 42.3 Å². The molecule has 5 heteroatoms. The van der Waals surface area contributed by atoms with E-state index in [2.05, 4.69) is 10.4 Å². The number of hydrogen-bond acceptors (Lipinski definition) is 4. The number of nitrogens with one attached hydrogen (secondary N) is 1. The van der Waals surface area contributed by atoms with Crippen molar-refractivity contribution in [3.63, 3.8) is 0 Å². The highest BCUT2D eigenvalue weighted by Gasteiger charge is 2.06. The third-order valence-electron chi connectivity index (χ3n) is 1.91. The van der Waals surface area contributed by atoms with Crippen molar-refractivity contribution < 1.29 is 4.74 Å². The van der Waals surface area contributed by atoms with E-state index in [0.717, 1.165) is 12.4 Å². The number of rotatable bonds is 6. The molecule has 1 N–H and O–H groups in total. The van der Waals surface area contributed by atoms with E-state index in [-0.39, 0.29) is 0 Å². The van der Waals surface area contributed by atoms with Crippen LogP contribution >= 0.6 is 11.8 Å². The Morgan fingerprint density at radius 1 is 1.71 bits per heavy atom. The summed E-state index contributed by atoms with van der Waals surface area (Å²) in [5.74, 6) is 0.996. The van der Waals surface area contributed by atoms with Crippen molar-refractivity contribution in [2.45, 2.75) is 10.9 Å². The van der Waals surface area contributed by atoms with Gasteiger partial charge >= 0.3 is 0 Å². The molecule has 0 aliphatic heterocycles.